The molecule has 0 aliphatic carbocycles. The molecule has 2 unspecified atom stereocenters. The third-order valence-corrected chi connectivity index (χ3v) is 9.23. The molecule has 3 aliphatic heterocycles. The van der Waals surface area contributed by atoms with E-state index in [4.69, 9.17) is 32.0 Å². The lowest BCUT2D eigenvalue weighted by Crippen LogP contribution is -2.56. The van der Waals surface area contributed by atoms with Gasteiger partial charge >= 0.3 is 6.01 Å². The summed E-state index contributed by atoms with van der Waals surface area (Å²) in [5, 5.41) is 12.4. The second kappa shape index (κ2) is 12.3. The molecule has 2 atom stereocenters. The van der Waals surface area contributed by atoms with Crippen LogP contribution in [0.3, 0.4) is 0 Å². The Morgan fingerprint density at radius 1 is 1.14 bits per heavy atom. The highest BCUT2D eigenvalue weighted by Crippen LogP contribution is 2.37. The molecular formula is C32H37ClN8O2. The molecule has 3 aliphatic rings. The number of nitrogens with two attached hydrogens (primary N) is 1. The number of halogens is 1. The lowest BCUT2D eigenvalue weighted by Gasteiger charge is -2.42. The van der Waals surface area contributed by atoms with Crippen LogP contribution >= 0.6 is 11.6 Å². The molecule has 10 nitrogen and oxygen atoms in total. The van der Waals surface area contributed by atoms with Crippen LogP contribution in [0.1, 0.15) is 30.5 Å². The van der Waals surface area contributed by atoms with E-state index in [1.165, 1.54) is 0 Å². The molecule has 2 fully saturated rings. The van der Waals surface area contributed by atoms with Gasteiger partial charge in [-0.15, -0.1) is 0 Å². The van der Waals surface area contributed by atoms with Gasteiger partial charge in [0, 0.05) is 48.9 Å². The Balaban J connectivity index is 1.34. The molecular weight excluding hydrogens is 564 g/mol. The van der Waals surface area contributed by atoms with Crippen molar-refractivity contribution >= 4 is 39.8 Å². The number of aromatic nitrogens is 2. The normalized spacial score (nSPS) is 20.6. The predicted octanol–water partition coefficient (Wildman–Crippen LogP) is 3.72. The van der Waals surface area contributed by atoms with Gasteiger partial charge in [-0.25, -0.2) is 0 Å². The Morgan fingerprint density at radius 3 is 2.70 bits per heavy atom. The maximum atomic E-state index is 12.7. The topological polar surface area (TPSA) is 115 Å². The smallest absolute Gasteiger partial charge is 0.318 e. The van der Waals surface area contributed by atoms with Crippen LogP contribution in [-0.4, -0.2) is 84.1 Å². The molecule has 4 heterocycles. The molecule has 224 valence electrons. The van der Waals surface area contributed by atoms with Crippen LogP contribution in [0.5, 0.6) is 6.01 Å². The Kier molecular flexibility index (Phi) is 8.28. The molecule has 43 heavy (non-hydrogen) atoms. The summed E-state index contributed by atoms with van der Waals surface area (Å²) in [7, 11) is 2.12. The largest absolute Gasteiger partial charge is 0.462 e. The van der Waals surface area contributed by atoms with Gasteiger partial charge in [-0.05, 0) is 50.4 Å². The third kappa shape index (κ3) is 5.79. The van der Waals surface area contributed by atoms with Crippen molar-refractivity contribution in [2.75, 3.05) is 56.2 Å². The van der Waals surface area contributed by atoms with E-state index in [9.17, 15) is 10.1 Å². The number of ether oxygens (including phenoxy) is 1. The van der Waals surface area contributed by atoms with E-state index in [-0.39, 0.29) is 24.1 Å². The number of rotatable bonds is 7. The van der Waals surface area contributed by atoms with Crippen LogP contribution in [0, 0.1) is 11.3 Å². The van der Waals surface area contributed by atoms with Crippen molar-refractivity contribution in [2.45, 2.75) is 44.3 Å². The Labute approximate surface area is 257 Å². The summed E-state index contributed by atoms with van der Waals surface area (Å²) < 4.78 is 6.28. The summed E-state index contributed by atoms with van der Waals surface area (Å²) >= 11 is 6.69. The second-order valence-corrected chi connectivity index (χ2v) is 12.0. The van der Waals surface area contributed by atoms with E-state index in [0.717, 1.165) is 70.9 Å². The van der Waals surface area contributed by atoms with Crippen LogP contribution in [0.15, 0.2) is 48.7 Å². The lowest BCUT2D eigenvalue weighted by molar-refractivity contribution is -0.129. The van der Waals surface area contributed by atoms with Crippen LogP contribution in [0.25, 0.3) is 10.8 Å². The van der Waals surface area contributed by atoms with Gasteiger partial charge in [0.05, 0.1) is 41.5 Å². The number of amides is 1. The maximum absolute atomic E-state index is 12.7. The first-order chi connectivity index (χ1) is 20.8. The van der Waals surface area contributed by atoms with Crippen molar-refractivity contribution in [2.24, 2.45) is 5.73 Å². The van der Waals surface area contributed by atoms with Crippen LogP contribution in [0.2, 0.25) is 5.02 Å². The van der Waals surface area contributed by atoms with Crippen molar-refractivity contribution in [3.63, 3.8) is 0 Å². The van der Waals surface area contributed by atoms with Crippen molar-refractivity contribution in [1.82, 2.24) is 19.8 Å². The molecule has 3 aromatic rings. The van der Waals surface area contributed by atoms with Gasteiger partial charge in [-0.3, -0.25) is 4.79 Å². The molecule has 11 heteroatoms. The highest BCUT2D eigenvalue weighted by Gasteiger charge is 2.34. The molecule has 0 radical (unpaired) electrons. The van der Waals surface area contributed by atoms with Crippen LogP contribution < -0.4 is 20.3 Å². The highest BCUT2D eigenvalue weighted by molar-refractivity contribution is 6.36. The average Bonchev–Trinajstić information content (AvgIpc) is 3.43. The summed E-state index contributed by atoms with van der Waals surface area (Å²) in [6.45, 7) is 8.00. The zero-order valence-corrected chi connectivity index (χ0v) is 25.3. The monoisotopic (exact) mass is 600 g/mol. The number of nitriles is 1. The van der Waals surface area contributed by atoms with Gasteiger partial charge in [-0.1, -0.05) is 42.4 Å². The molecule has 1 amide bonds. The second-order valence-electron chi connectivity index (χ2n) is 11.6. The fraction of sp³-hybridized carbons (Fsp3) is 0.438. The van der Waals surface area contributed by atoms with E-state index in [1.54, 1.807) is 4.90 Å². The number of benzene rings is 2. The van der Waals surface area contributed by atoms with Crippen molar-refractivity contribution in [3.05, 3.63) is 65.0 Å². The van der Waals surface area contributed by atoms with Crippen LogP contribution in [0.4, 0.5) is 11.5 Å². The first kappa shape index (κ1) is 29.0. The van der Waals surface area contributed by atoms with Crippen LogP contribution in [-0.2, 0) is 17.8 Å². The minimum absolute atomic E-state index is 0.0167. The van der Waals surface area contributed by atoms with E-state index >= 15 is 0 Å². The average molecular weight is 601 g/mol. The number of likely N-dealkylation sites (tertiary alicyclic amines) is 1. The molecule has 0 bridgehead atoms. The first-order valence-electron chi connectivity index (χ1n) is 14.9. The number of anilines is 2. The number of likely N-dealkylation sites (N-methyl/N-ethyl adjacent to an activating group) is 1. The first-order valence-corrected chi connectivity index (χ1v) is 15.2. The molecule has 6 rings (SSSR count). The number of carbonyl (C=O) groups is 1. The van der Waals surface area contributed by atoms with Gasteiger partial charge in [0.2, 0.25) is 0 Å². The van der Waals surface area contributed by atoms with Gasteiger partial charge < -0.3 is 30.1 Å². The van der Waals surface area contributed by atoms with Crippen molar-refractivity contribution < 1.29 is 9.53 Å². The standard InChI is InChI=1S/C32H37ClN8O2/c1-21(35)31(42)41-17-16-40(18-23(41)11-13-34)30-25-12-15-39(28-10-4-7-22-6-3-9-26(33)29(22)28)19-27(25)36-32(37-30)43-20-24-8-5-14-38(24)2/h3-4,6-7,9-10,23-24H,1,5,8,11-12,14-20,35H2,2H3. The van der Waals surface area contributed by atoms with E-state index in [0.29, 0.717) is 44.8 Å². The quantitative estimate of drug-likeness (QED) is 0.405. The summed E-state index contributed by atoms with van der Waals surface area (Å²) in [6.07, 6.45) is 3.17. The van der Waals surface area contributed by atoms with Crippen molar-refractivity contribution in [3.8, 4) is 12.1 Å². The Morgan fingerprint density at radius 2 is 1.95 bits per heavy atom. The minimum Gasteiger partial charge on any atom is -0.462 e. The SMILES string of the molecule is C=C(N)C(=O)N1CCN(c2nc(OCC3CCCN3C)nc3c2CCN(c2cccc4cccc(Cl)c24)C3)CC1CC#N. The zero-order valence-electron chi connectivity index (χ0n) is 24.5. The molecule has 2 saturated heterocycles. The number of fused-ring (bicyclic) bond motifs is 2. The van der Waals surface area contributed by atoms with E-state index in [1.807, 2.05) is 12.1 Å². The van der Waals surface area contributed by atoms with E-state index < -0.39 is 0 Å². The Bertz CT molecular complexity index is 1580. The van der Waals surface area contributed by atoms with Crippen molar-refractivity contribution in [1.29, 1.82) is 5.26 Å². The fourth-order valence-electron chi connectivity index (χ4n) is 6.60. The van der Waals surface area contributed by atoms with Gasteiger partial charge in [0.15, 0.2) is 0 Å². The molecule has 2 N–H and O–H groups in total. The summed E-state index contributed by atoms with van der Waals surface area (Å²) in [4.78, 5) is 31.1. The number of hydrogen-bond donors (Lipinski definition) is 1. The fourth-order valence-corrected chi connectivity index (χ4v) is 6.88. The molecule has 2 aromatic carbocycles. The number of hydrogen-bond acceptors (Lipinski definition) is 9. The summed E-state index contributed by atoms with van der Waals surface area (Å²) in [5.74, 6) is 0.496. The lowest BCUT2D eigenvalue weighted by atomic mass is 10.0. The minimum atomic E-state index is -0.327. The molecule has 1 aromatic heterocycles. The summed E-state index contributed by atoms with van der Waals surface area (Å²) in [6, 6.07) is 14.8. The maximum Gasteiger partial charge on any atom is 0.318 e. The number of carbonyl (C=O) groups excluding carboxylic acids is 1. The van der Waals surface area contributed by atoms with Gasteiger partial charge in [-0.2, -0.15) is 15.2 Å². The molecule has 0 saturated carbocycles. The third-order valence-electron chi connectivity index (χ3n) is 8.92. The number of piperazine rings is 1. The highest BCUT2D eigenvalue weighted by atomic mass is 35.5. The predicted molar refractivity (Wildman–Crippen MR) is 168 cm³/mol. The zero-order chi connectivity index (χ0) is 30.1. The van der Waals surface area contributed by atoms with E-state index in [2.05, 4.69) is 58.7 Å². The van der Waals surface area contributed by atoms with Gasteiger partial charge in [0.25, 0.3) is 5.91 Å². The molecule has 0 spiro atoms. The number of nitrogens with zero attached hydrogens (tertiary/aromatic N) is 7. The summed E-state index contributed by atoms with van der Waals surface area (Å²) in [5.41, 5.74) is 8.80. The van der Waals surface area contributed by atoms with Gasteiger partial charge in [0.1, 0.15) is 12.4 Å². The Hall–Kier alpha value is -4.07.